The molecule has 1 saturated carbocycles. The SMILES string of the molecule is CCCCCC[C@@H](OC(=O)CNC(=O)[C@@H](C)[C@H](C)O)[C@@H](Cc1ccc(OC)cc1)C(=O)N(C)[C@@H](CC(C)C)C(=O)N[C@H](C(=O)N[C@@H](CN)C(N)=O)C1CCCCC1. The molecule has 0 radical (unpaired) electrons. The summed E-state index contributed by atoms with van der Waals surface area (Å²) in [5.41, 5.74) is 12.0. The molecule has 0 spiro atoms. The molecule has 0 bridgehead atoms. The number of primary amides is 1. The monoisotopic (exact) mass is 803 g/mol. The molecular formula is C42H70N6O9. The Morgan fingerprint density at radius 2 is 1.56 bits per heavy atom. The first-order valence-electron chi connectivity index (χ1n) is 20.7. The summed E-state index contributed by atoms with van der Waals surface area (Å²) in [4.78, 5) is 82.3. The summed E-state index contributed by atoms with van der Waals surface area (Å²) < 4.78 is 11.4. The van der Waals surface area contributed by atoms with Crippen molar-refractivity contribution in [3.05, 3.63) is 29.8 Å². The Morgan fingerprint density at radius 3 is 2.11 bits per heavy atom. The van der Waals surface area contributed by atoms with Crippen molar-refractivity contribution in [2.45, 2.75) is 142 Å². The van der Waals surface area contributed by atoms with Crippen molar-refractivity contribution >= 4 is 35.5 Å². The number of rotatable bonds is 25. The molecule has 1 aromatic rings. The fraction of sp³-hybridized carbons (Fsp3) is 0.714. The highest BCUT2D eigenvalue weighted by Gasteiger charge is 2.40. The molecule has 1 aliphatic rings. The lowest BCUT2D eigenvalue weighted by atomic mass is 9.83. The summed E-state index contributed by atoms with van der Waals surface area (Å²) in [6.07, 6.45) is 6.53. The van der Waals surface area contributed by atoms with E-state index in [4.69, 9.17) is 20.9 Å². The summed E-state index contributed by atoms with van der Waals surface area (Å²) in [6.45, 7) is 8.32. The Hall–Kier alpha value is -4.24. The number of carbonyl (C=O) groups excluding carboxylic acids is 6. The predicted molar refractivity (Wildman–Crippen MR) is 217 cm³/mol. The van der Waals surface area contributed by atoms with E-state index in [0.717, 1.165) is 44.1 Å². The summed E-state index contributed by atoms with van der Waals surface area (Å²) >= 11 is 0. The third kappa shape index (κ3) is 16.3. The van der Waals surface area contributed by atoms with Gasteiger partial charge in [-0.25, -0.2) is 0 Å². The van der Waals surface area contributed by atoms with E-state index in [9.17, 15) is 33.9 Å². The first-order chi connectivity index (χ1) is 27.0. The molecule has 8 N–H and O–H groups in total. The van der Waals surface area contributed by atoms with Crippen LogP contribution in [0.15, 0.2) is 24.3 Å². The maximum absolute atomic E-state index is 14.9. The second-order valence-corrected chi connectivity index (χ2v) is 16.0. The Labute approximate surface area is 339 Å². The van der Waals surface area contributed by atoms with Crippen LogP contribution in [-0.2, 0) is 39.9 Å². The first-order valence-corrected chi connectivity index (χ1v) is 20.7. The van der Waals surface area contributed by atoms with Crippen LogP contribution >= 0.6 is 0 Å². The molecule has 1 aliphatic carbocycles. The second kappa shape index (κ2) is 25.2. The van der Waals surface area contributed by atoms with Crippen molar-refractivity contribution in [3.8, 4) is 5.75 Å². The van der Waals surface area contributed by atoms with Crippen LogP contribution < -0.4 is 32.2 Å². The van der Waals surface area contributed by atoms with Gasteiger partial charge in [-0.2, -0.15) is 0 Å². The van der Waals surface area contributed by atoms with Crippen molar-refractivity contribution in [1.82, 2.24) is 20.9 Å². The van der Waals surface area contributed by atoms with Crippen LogP contribution in [-0.4, -0.2) is 103 Å². The van der Waals surface area contributed by atoms with Gasteiger partial charge in [0.2, 0.25) is 29.5 Å². The molecule has 1 aromatic carbocycles. The number of likely N-dealkylation sites (N-methyl/N-ethyl adjacent to an activating group) is 1. The molecular weight excluding hydrogens is 732 g/mol. The lowest BCUT2D eigenvalue weighted by Gasteiger charge is -2.36. The van der Waals surface area contributed by atoms with E-state index in [1.165, 1.54) is 11.8 Å². The van der Waals surface area contributed by atoms with E-state index < -0.39 is 84.2 Å². The zero-order chi connectivity index (χ0) is 42.7. The lowest BCUT2D eigenvalue weighted by molar-refractivity contribution is -0.158. The minimum Gasteiger partial charge on any atom is -0.497 e. The third-order valence-electron chi connectivity index (χ3n) is 11.0. The number of nitrogens with one attached hydrogen (secondary N) is 3. The highest BCUT2D eigenvalue weighted by molar-refractivity contribution is 5.94. The minimum atomic E-state index is -1.11. The summed E-state index contributed by atoms with van der Waals surface area (Å²) in [5.74, 6) is -4.84. The van der Waals surface area contributed by atoms with Gasteiger partial charge >= 0.3 is 5.97 Å². The van der Waals surface area contributed by atoms with E-state index in [1.54, 1.807) is 33.2 Å². The third-order valence-corrected chi connectivity index (χ3v) is 11.0. The van der Waals surface area contributed by atoms with Gasteiger partial charge in [-0.1, -0.05) is 78.4 Å². The van der Waals surface area contributed by atoms with Crippen LogP contribution in [0.1, 0.15) is 111 Å². The van der Waals surface area contributed by atoms with Crippen LogP contribution in [0.25, 0.3) is 0 Å². The zero-order valence-electron chi connectivity index (χ0n) is 35.2. The smallest absolute Gasteiger partial charge is 0.325 e. The van der Waals surface area contributed by atoms with Crippen molar-refractivity contribution < 1.29 is 43.3 Å². The number of carbonyl (C=O) groups is 6. The standard InChI is InChI=1S/C42H70N6O9/c1-8-9-10-14-17-35(57-36(50)25-45-39(52)27(4)28(5)49)32(23-29-18-20-31(56-7)21-19-29)42(55)48(6)34(22-26(2)3)40(53)47-37(30-15-12-11-13-16-30)41(54)46-33(24-43)38(44)51/h18-21,26-28,30,32-35,37,49H,8-17,22-25,43H2,1-7H3,(H2,44,51)(H,45,52)(H,46,54)(H,47,53)/t27-,28-,32+,33-,34-,35+,37-/m0/s1. The number of esters is 1. The molecule has 0 unspecified atom stereocenters. The number of methoxy groups -OCH3 is 1. The number of nitrogens with two attached hydrogens (primary N) is 2. The zero-order valence-corrected chi connectivity index (χ0v) is 35.2. The van der Waals surface area contributed by atoms with Gasteiger partial charge in [0, 0.05) is 13.6 Å². The molecule has 0 heterocycles. The number of hydrogen-bond acceptors (Lipinski definition) is 10. The van der Waals surface area contributed by atoms with Crippen molar-refractivity contribution in [2.75, 3.05) is 27.2 Å². The quantitative estimate of drug-likeness (QED) is 0.0625. The molecule has 0 aliphatic heterocycles. The highest BCUT2D eigenvalue weighted by Crippen LogP contribution is 2.29. The maximum atomic E-state index is 14.9. The fourth-order valence-corrected chi connectivity index (χ4v) is 7.18. The molecule has 15 heteroatoms. The largest absolute Gasteiger partial charge is 0.497 e. The average molecular weight is 803 g/mol. The topological polar surface area (TPSA) is 232 Å². The normalized spacial score (nSPS) is 16.9. The number of aliphatic hydroxyl groups excluding tert-OH is 1. The number of nitrogens with zero attached hydrogens (tertiary/aromatic N) is 1. The van der Waals surface area contributed by atoms with Gasteiger partial charge in [-0.3, -0.25) is 28.8 Å². The molecule has 0 aromatic heterocycles. The Morgan fingerprint density at radius 1 is 0.912 bits per heavy atom. The predicted octanol–water partition coefficient (Wildman–Crippen LogP) is 2.74. The Balaban J connectivity index is 2.54. The molecule has 322 valence electrons. The Bertz CT molecular complexity index is 1430. The second-order valence-electron chi connectivity index (χ2n) is 16.0. The van der Waals surface area contributed by atoms with Crippen molar-refractivity contribution in [3.63, 3.8) is 0 Å². The summed E-state index contributed by atoms with van der Waals surface area (Å²) in [5, 5.41) is 17.9. The van der Waals surface area contributed by atoms with E-state index in [2.05, 4.69) is 22.9 Å². The van der Waals surface area contributed by atoms with Gasteiger partial charge in [-0.05, 0) is 75.0 Å². The molecule has 2 rings (SSSR count). The van der Waals surface area contributed by atoms with E-state index in [1.807, 2.05) is 26.0 Å². The molecule has 0 saturated heterocycles. The van der Waals surface area contributed by atoms with Crippen LogP contribution in [0, 0.1) is 23.7 Å². The lowest BCUT2D eigenvalue weighted by Crippen LogP contribution is -2.60. The Kier molecular flexibility index (Phi) is 21.6. The molecule has 7 atom stereocenters. The molecule has 15 nitrogen and oxygen atoms in total. The van der Waals surface area contributed by atoms with Crippen LogP contribution in [0.3, 0.4) is 0 Å². The van der Waals surface area contributed by atoms with Gasteiger partial charge in [0.25, 0.3) is 0 Å². The first kappa shape index (κ1) is 48.9. The van der Waals surface area contributed by atoms with Gasteiger partial charge in [0.1, 0.15) is 36.5 Å². The van der Waals surface area contributed by atoms with Crippen LogP contribution in [0.5, 0.6) is 5.75 Å². The molecule has 57 heavy (non-hydrogen) atoms. The number of amides is 5. The van der Waals surface area contributed by atoms with Gasteiger partial charge < -0.3 is 46.9 Å². The van der Waals surface area contributed by atoms with Crippen LogP contribution in [0.4, 0.5) is 0 Å². The molecule has 1 fully saturated rings. The van der Waals surface area contributed by atoms with Crippen molar-refractivity contribution in [1.29, 1.82) is 0 Å². The maximum Gasteiger partial charge on any atom is 0.325 e. The van der Waals surface area contributed by atoms with Gasteiger partial charge in [0.05, 0.1) is 25.0 Å². The average Bonchev–Trinajstić information content (AvgIpc) is 3.19. The van der Waals surface area contributed by atoms with Gasteiger partial charge in [-0.15, -0.1) is 0 Å². The minimum absolute atomic E-state index is 0.0372. The summed E-state index contributed by atoms with van der Waals surface area (Å²) in [7, 11) is 3.11. The number of unbranched alkanes of at least 4 members (excludes halogenated alkanes) is 3. The number of aliphatic hydroxyl groups is 1. The molecule has 5 amide bonds. The number of hydrogen-bond donors (Lipinski definition) is 6. The highest BCUT2D eigenvalue weighted by atomic mass is 16.5. The summed E-state index contributed by atoms with van der Waals surface area (Å²) in [6, 6.07) is 4.12. The van der Waals surface area contributed by atoms with E-state index in [0.29, 0.717) is 31.4 Å². The van der Waals surface area contributed by atoms with Crippen LogP contribution in [0.2, 0.25) is 0 Å². The number of benzene rings is 1. The van der Waals surface area contributed by atoms with E-state index >= 15 is 0 Å². The number of ether oxygens (including phenoxy) is 2. The van der Waals surface area contributed by atoms with E-state index in [-0.39, 0.29) is 31.2 Å². The van der Waals surface area contributed by atoms with Crippen molar-refractivity contribution in [2.24, 2.45) is 35.1 Å². The van der Waals surface area contributed by atoms with Gasteiger partial charge in [0.15, 0.2) is 0 Å². The fourth-order valence-electron chi connectivity index (χ4n) is 7.18.